The maximum atomic E-state index is 14.8. The number of fused-ring (bicyclic) bond motifs is 1. The van der Waals surface area contributed by atoms with Gasteiger partial charge in [0.15, 0.2) is 0 Å². The quantitative estimate of drug-likeness (QED) is 0.865. The number of benzene rings is 1. The van der Waals surface area contributed by atoms with Gasteiger partial charge in [-0.3, -0.25) is 14.5 Å². The Bertz CT molecular complexity index is 830. The SMILES string of the molecule is C=C1CCC(N2Cc3cc(N4CCN(C(C)C)CC4)c(F)cc3C2=O)C(=O)N1. The summed E-state index contributed by atoms with van der Waals surface area (Å²) in [6.45, 7) is 11.8. The van der Waals surface area contributed by atoms with Crippen molar-refractivity contribution in [1.82, 2.24) is 15.1 Å². The van der Waals surface area contributed by atoms with E-state index in [0.29, 0.717) is 42.4 Å². The van der Waals surface area contributed by atoms with Gasteiger partial charge in [0.1, 0.15) is 11.9 Å². The van der Waals surface area contributed by atoms with Crippen molar-refractivity contribution in [3.63, 3.8) is 0 Å². The molecule has 2 amide bonds. The molecule has 3 aliphatic heterocycles. The van der Waals surface area contributed by atoms with E-state index in [1.807, 2.05) is 0 Å². The third-order valence-electron chi connectivity index (χ3n) is 6.09. The Morgan fingerprint density at radius 2 is 1.89 bits per heavy atom. The van der Waals surface area contributed by atoms with Crippen LogP contribution in [0.4, 0.5) is 10.1 Å². The minimum atomic E-state index is -0.522. The number of amides is 2. The summed E-state index contributed by atoms with van der Waals surface area (Å²) < 4.78 is 14.8. The van der Waals surface area contributed by atoms with Crippen molar-refractivity contribution in [2.75, 3.05) is 31.1 Å². The lowest BCUT2D eigenvalue weighted by molar-refractivity contribution is -0.126. The molecular weight excluding hydrogens is 359 g/mol. The molecule has 28 heavy (non-hydrogen) atoms. The Hall–Kier alpha value is -2.41. The second kappa shape index (κ2) is 7.20. The zero-order chi connectivity index (χ0) is 20.0. The second-order valence-corrected chi connectivity index (χ2v) is 8.16. The number of carbonyl (C=O) groups excluding carboxylic acids is 2. The molecule has 0 aromatic heterocycles. The summed E-state index contributed by atoms with van der Waals surface area (Å²) in [6, 6.07) is 3.11. The van der Waals surface area contributed by atoms with Crippen LogP contribution in [0, 0.1) is 5.82 Å². The molecule has 1 aromatic rings. The lowest BCUT2D eigenvalue weighted by Crippen LogP contribution is -2.49. The Morgan fingerprint density at radius 1 is 1.18 bits per heavy atom. The highest BCUT2D eigenvalue weighted by molar-refractivity contribution is 6.02. The molecule has 0 bridgehead atoms. The molecule has 1 unspecified atom stereocenters. The van der Waals surface area contributed by atoms with Crippen molar-refractivity contribution in [3.8, 4) is 0 Å². The molecule has 150 valence electrons. The zero-order valence-corrected chi connectivity index (χ0v) is 16.5. The molecule has 4 rings (SSSR count). The number of hydrogen-bond donors (Lipinski definition) is 1. The van der Waals surface area contributed by atoms with E-state index in [-0.39, 0.29) is 17.6 Å². The van der Waals surface area contributed by atoms with Crippen molar-refractivity contribution in [3.05, 3.63) is 41.4 Å². The second-order valence-electron chi connectivity index (χ2n) is 8.16. The van der Waals surface area contributed by atoms with E-state index in [9.17, 15) is 14.0 Å². The normalized spacial score (nSPS) is 23.4. The number of nitrogens with one attached hydrogen (secondary N) is 1. The molecule has 2 saturated heterocycles. The Labute approximate surface area is 165 Å². The van der Waals surface area contributed by atoms with Crippen LogP contribution in [0.3, 0.4) is 0 Å². The van der Waals surface area contributed by atoms with Gasteiger partial charge in [-0.15, -0.1) is 0 Å². The number of allylic oxidation sites excluding steroid dienone is 1. The highest BCUT2D eigenvalue weighted by Crippen LogP contribution is 2.33. The van der Waals surface area contributed by atoms with Crippen LogP contribution in [0.1, 0.15) is 42.6 Å². The molecule has 7 heteroatoms. The summed E-state index contributed by atoms with van der Waals surface area (Å²) in [5.41, 5.74) is 2.40. The van der Waals surface area contributed by atoms with Crippen molar-refractivity contribution in [2.24, 2.45) is 0 Å². The first-order valence-corrected chi connectivity index (χ1v) is 9.96. The van der Waals surface area contributed by atoms with Gasteiger partial charge in [0.05, 0.1) is 5.69 Å². The fourth-order valence-corrected chi connectivity index (χ4v) is 4.38. The highest BCUT2D eigenvalue weighted by atomic mass is 19.1. The molecule has 3 aliphatic rings. The predicted octanol–water partition coefficient (Wildman–Crippen LogP) is 2.10. The fourth-order valence-electron chi connectivity index (χ4n) is 4.38. The molecule has 0 radical (unpaired) electrons. The molecule has 6 nitrogen and oxygen atoms in total. The molecule has 0 saturated carbocycles. The van der Waals surface area contributed by atoms with Crippen molar-refractivity contribution in [1.29, 1.82) is 0 Å². The van der Waals surface area contributed by atoms with Gasteiger partial charge >= 0.3 is 0 Å². The van der Waals surface area contributed by atoms with Gasteiger partial charge in [0.2, 0.25) is 5.91 Å². The molecule has 0 aliphatic carbocycles. The third kappa shape index (κ3) is 3.28. The molecule has 1 aromatic carbocycles. The Kier molecular flexibility index (Phi) is 4.87. The maximum absolute atomic E-state index is 14.8. The van der Waals surface area contributed by atoms with E-state index in [1.54, 1.807) is 11.0 Å². The number of nitrogens with zero attached hydrogens (tertiary/aromatic N) is 3. The summed E-state index contributed by atoms with van der Waals surface area (Å²) in [5.74, 6) is -0.839. The summed E-state index contributed by atoms with van der Waals surface area (Å²) in [4.78, 5) is 31.1. The Morgan fingerprint density at radius 3 is 2.54 bits per heavy atom. The molecular formula is C21H27FN4O2. The van der Waals surface area contributed by atoms with Crippen LogP contribution in [-0.4, -0.2) is 59.9 Å². The summed E-state index contributed by atoms with van der Waals surface area (Å²) >= 11 is 0. The average Bonchev–Trinajstić information content (AvgIpc) is 2.97. The average molecular weight is 386 g/mol. The predicted molar refractivity (Wildman–Crippen MR) is 106 cm³/mol. The lowest BCUT2D eigenvalue weighted by atomic mass is 10.0. The van der Waals surface area contributed by atoms with Crippen molar-refractivity contribution < 1.29 is 14.0 Å². The molecule has 1 N–H and O–H groups in total. The van der Waals surface area contributed by atoms with Gasteiger partial charge < -0.3 is 15.1 Å². The minimum absolute atomic E-state index is 0.206. The van der Waals surface area contributed by atoms with Crippen LogP contribution in [-0.2, 0) is 11.3 Å². The van der Waals surface area contributed by atoms with Crippen LogP contribution in [0.5, 0.6) is 0 Å². The maximum Gasteiger partial charge on any atom is 0.255 e. The van der Waals surface area contributed by atoms with Gasteiger partial charge in [-0.2, -0.15) is 0 Å². The smallest absolute Gasteiger partial charge is 0.255 e. The fraction of sp³-hybridized carbons (Fsp3) is 0.524. The monoisotopic (exact) mass is 386 g/mol. The van der Waals surface area contributed by atoms with Crippen LogP contribution in [0.2, 0.25) is 0 Å². The van der Waals surface area contributed by atoms with Crippen LogP contribution in [0.15, 0.2) is 24.4 Å². The zero-order valence-electron chi connectivity index (χ0n) is 16.5. The topological polar surface area (TPSA) is 55.9 Å². The van der Waals surface area contributed by atoms with E-state index in [1.165, 1.54) is 6.07 Å². The number of anilines is 1. The molecule has 3 heterocycles. The molecule has 0 spiro atoms. The van der Waals surface area contributed by atoms with Gasteiger partial charge in [-0.25, -0.2) is 4.39 Å². The molecule has 1 atom stereocenters. The van der Waals surface area contributed by atoms with E-state index in [4.69, 9.17) is 0 Å². The third-order valence-corrected chi connectivity index (χ3v) is 6.09. The van der Waals surface area contributed by atoms with E-state index in [2.05, 4.69) is 35.5 Å². The number of halogens is 1. The van der Waals surface area contributed by atoms with Crippen molar-refractivity contribution in [2.45, 2.75) is 45.3 Å². The largest absolute Gasteiger partial charge is 0.367 e. The number of piperidine rings is 1. The van der Waals surface area contributed by atoms with Crippen molar-refractivity contribution >= 4 is 17.5 Å². The molecule has 2 fully saturated rings. The number of piperazine rings is 1. The van der Waals surface area contributed by atoms with Gasteiger partial charge in [0, 0.05) is 50.0 Å². The van der Waals surface area contributed by atoms with Gasteiger partial charge in [-0.05, 0) is 44.4 Å². The minimum Gasteiger partial charge on any atom is -0.367 e. The first-order chi connectivity index (χ1) is 13.3. The standard InChI is InChI=1S/C21H27FN4O2/c1-13(2)24-6-8-25(9-7-24)19-10-15-12-26(21(28)16(15)11-17(19)22)18-5-4-14(3)23-20(18)27/h10-11,13,18H,3-9,12H2,1-2H3,(H,23,27). The lowest BCUT2D eigenvalue weighted by Gasteiger charge is -2.38. The summed E-state index contributed by atoms with van der Waals surface area (Å²) in [7, 11) is 0. The highest BCUT2D eigenvalue weighted by Gasteiger charge is 2.39. The van der Waals surface area contributed by atoms with E-state index >= 15 is 0 Å². The first-order valence-electron chi connectivity index (χ1n) is 9.96. The van der Waals surface area contributed by atoms with Crippen LogP contribution < -0.4 is 10.2 Å². The van der Waals surface area contributed by atoms with E-state index < -0.39 is 6.04 Å². The number of carbonyl (C=O) groups is 2. The van der Waals surface area contributed by atoms with E-state index in [0.717, 1.165) is 31.7 Å². The summed E-state index contributed by atoms with van der Waals surface area (Å²) in [6.07, 6.45) is 1.20. The summed E-state index contributed by atoms with van der Waals surface area (Å²) in [5, 5.41) is 2.73. The number of hydrogen-bond acceptors (Lipinski definition) is 4. The van der Waals surface area contributed by atoms with Crippen LogP contribution in [0.25, 0.3) is 0 Å². The Balaban J connectivity index is 1.53. The van der Waals surface area contributed by atoms with Crippen LogP contribution >= 0.6 is 0 Å². The first kappa shape index (κ1) is 18.9. The number of rotatable bonds is 3. The van der Waals surface area contributed by atoms with Gasteiger partial charge in [-0.1, -0.05) is 6.58 Å². The van der Waals surface area contributed by atoms with Gasteiger partial charge in [0.25, 0.3) is 5.91 Å².